The van der Waals surface area contributed by atoms with Crippen LogP contribution in [0.1, 0.15) is 11.3 Å². The van der Waals surface area contributed by atoms with Crippen LogP contribution >= 0.6 is 0 Å². The molecular formula is C19H17NO2. The molecule has 3 rings (SSSR count). The smallest absolute Gasteiger partial charge is 0.119 e. The Morgan fingerprint density at radius 1 is 0.818 bits per heavy atom. The molecule has 3 heteroatoms. The van der Waals surface area contributed by atoms with Gasteiger partial charge in [0.15, 0.2) is 0 Å². The Kier molecular flexibility index (Phi) is 4.05. The Balaban J connectivity index is 1.88. The highest BCUT2D eigenvalue weighted by Gasteiger charge is 1.99. The van der Waals surface area contributed by atoms with Crippen molar-refractivity contribution < 1.29 is 9.47 Å². The number of fused-ring (bicyclic) bond motifs is 1. The molecule has 22 heavy (non-hydrogen) atoms. The van der Waals surface area contributed by atoms with Crippen LogP contribution in [0.4, 0.5) is 0 Å². The van der Waals surface area contributed by atoms with Gasteiger partial charge >= 0.3 is 0 Å². The summed E-state index contributed by atoms with van der Waals surface area (Å²) in [6, 6.07) is 17.8. The lowest BCUT2D eigenvalue weighted by atomic mass is 10.1. The van der Waals surface area contributed by atoms with Crippen molar-refractivity contribution in [2.24, 2.45) is 0 Å². The molecule has 0 atom stereocenters. The summed E-state index contributed by atoms with van der Waals surface area (Å²) in [4.78, 5) is 4.63. The minimum Gasteiger partial charge on any atom is -0.497 e. The van der Waals surface area contributed by atoms with Gasteiger partial charge in [0.25, 0.3) is 0 Å². The largest absolute Gasteiger partial charge is 0.497 e. The summed E-state index contributed by atoms with van der Waals surface area (Å²) in [5.41, 5.74) is 2.95. The van der Waals surface area contributed by atoms with E-state index in [0.717, 1.165) is 33.7 Å². The van der Waals surface area contributed by atoms with Gasteiger partial charge in [-0.25, -0.2) is 4.98 Å². The van der Waals surface area contributed by atoms with E-state index in [9.17, 15) is 0 Å². The molecule has 3 nitrogen and oxygen atoms in total. The summed E-state index contributed by atoms with van der Waals surface area (Å²) in [6.45, 7) is 0. The van der Waals surface area contributed by atoms with Crippen LogP contribution in [-0.4, -0.2) is 19.2 Å². The van der Waals surface area contributed by atoms with E-state index in [1.807, 2.05) is 60.7 Å². The molecule has 1 heterocycles. The van der Waals surface area contributed by atoms with Gasteiger partial charge in [-0.3, -0.25) is 0 Å². The van der Waals surface area contributed by atoms with E-state index < -0.39 is 0 Å². The van der Waals surface area contributed by atoms with E-state index in [1.165, 1.54) is 0 Å². The number of rotatable bonds is 4. The predicted molar refractivity (Wildman–Crippen MR) is 90.2 cm³/mol. The Morgan fingerprint density at radius 2 is 1.64 bits per heavy atom. The van der Waals surface area contributed by atoms with Gasteiger partial charge < -0.3 is 9.47 Å². The quantitative estimate of drug-likeness (QED) is 0.713. The number of nitrogens with zero attached hydrogens (tertiary/aromatic N) is 1. The second kappa shape index (κ2) is 6.31. The van der Waals surface area contributed by atoms with Gasteiger partial charge in [0, 0.05) is 5.39 Å². The van der Waals surface area contributed by atoms with Crippen LogP contribution in [0.3, 0.4) is 0 Å². The molecule has 0 saturated carbocycles. The van der Waals surface area contributed by atoms with Crippen LogP contribution in [-0.2, 0) is 0 Å². The zero-order valence-electron chi connectivity index (χ0n) is 12.6. The SMILES string of the molecule is COc1cccc(/C=C/c2ccc3cc(OC)ccc3n2)c1. The van der Waals surface area contributed by atoms with E-state index >= 15 is 0 Å². The van der Waals surface area contributed by atoms with Crippen molar-refractivity contribution in [3.05, 3.63) is 65.9 Å². The van der Waals surface area contributed by atoms with Gasteiger partial charge in [-0.15, -0.1) is 0 Å². The van der Waals surface area contributed by atoms with Gasteiger partial charge in [0.2, 0.25) is 0 Å². The predicted octanol–water partition coefficient (Wildman–Crippen LogP) is 4.42. The average Bonchev–Trinajstić information content (AvgIpc) is 2.59. The summed E-state index contributed by atoms with van der Waals surface area (Å²) in [6.07, 6.45) is 4.03. The van der Waals surface area contributed by atoms with E-state index in [1.54, 1.807) is 14.2 Å². The van der Waals surface area contributed by atoms with E-state index in [0.29, 0.717) is 0 Å². The van der Waals surface area contributed by atoms with Crippen molar-refractivity contribution in [1.29, 1.82) is 0 Å². The number of benzene rings is 2. The van der Waals surface area contributed by atoms with E-state index in [4.69, 9.17) is 9.47 Å². The summed E-state index contributed by atoms with van der Waals surface area (Å²) in [5.74, 6) is 1.69. The number of hydrogen-bond acceptors (Lipinski definition) is 3. The number of pyridine rings is 1. The van der Waals surface area contributed by atoms with Crippen LogP contribution in [0, 0.1) is 0 Å². The van der Waals surface area contributed by atoms with Gasteiger partial charge in [-0.05, 0) is 48.0 Å². The Bertz CT molecular complexity index is 825. The molecule has 3 aromatic rings. The topological polar surface area (TPSA) is 31.4 Å². The van der Waals surface area contributed by atoms with Crippen molar-refractivity contribution in [2.75, 3.05) is 14.2 Å². The molecule has 0 spiro atoms. The molecule has 0 aliphatic heterocycles. The first-order chi connectivity index (χ1) is 10.8. The highest BCUT2D eigenvalue weighted by molar-refractivity contribution is 5.82. The molecule has 110 valence electrons. The Morgan fingerprint density at radius 3 is 2.45 bits per heavy atom. The molecule has 0 aliphatic carbocycles. The first-order valence-corrected chi connectivity index (χ1v) is 7.05. The number of ether oxygens (including phenoxy) is 2. The molecule has 0 bridgehead atoms. The molecule has 0 unspecified atom stereocenters. The molecule has 0 amide bonds. The summed E-state index contributed by atoms with van der Waals surface area (Å²) < 4.78 is 10.5. The zero-order valence-corrected chi connectivity index (χ0v) is 12.6. The maximum atomic E-state index is 5.23. The number of hydrogen-bond donors (Lipinski definition) is 0. The van der Waals surface area contributed by atoms with Crippen LogP contribution in [0.5, 0.6) is 11.5 Å². The van der Waals surface area contributed by atoms with E-state index in [-0.39, 0.29) is 0 Å². The van der Waals surface area contributed by atoms with Crippen molar-refractivity contribution in [3.8, 4) is 11.5 Å². The van der Waals surface area contributed by atoms with Crippen LogP contribution < -0.4 is 9.47 Å². The lowest BCUT2D eigenvalue weighted by molar-refractivity contribution is 0.414. The summed E-state index contributed by atoms with van der Waals surface area (Å²) in [5, 5.41) is 1.07. The molecule has 0 saturated heterocycles. The van der Waals surface area contributed by atoms with Crippen molar-refractivity contribution in [1.82, 2.24) is 4.98 Å². The number of aromatic nitrogens is 1. The molecule has 1 aromatic heterocycles. The second-order valence-electron chi connectivity index (χ2n) is 4.90. The fraction of sp³-hybridized carbons (Fsp3) is 0.105. The average molecular weight is 291 g/mol. The highest BCUT2D eigenvalue weighted by atomic mass is 16.5. The standard InChI is InChI=1S/C19H17NO2/c1-21-17-5-3-4-14(12-17)6-8-16-9-7-15-13-18(22-2)10-11-19(15)20-16/h3-13H,1-2H3/b8-6+. The zero-order chi connectivity index (χ0) is 15.4. The first-order valence-electron chi connectivity index (χ1n) is 7.05. The minimum atomic E-state index is 0.842. The molecule has 0 aliphatic rings. The van der Waals surface area contributed by atoms with Crippen LogP contribution in [0.2, 0.25) is 0 Å². The first kappa shape index (κ1) is 14.1. The van der Waals surface area contributed by atoms with Crippen molar-refractivity contribution in [2.45, 2.75) is 0 Å². The van der Waals surface area contributed by atoms with Crippen LogP contribution in [0.25, 0.3) is 23.1 Å². The van der Waals surface area contributed by atoms with Crippen molar-refractivity contribution in [3.63, 3.8) is 0 Å². The molecule has 0 N–H and O–H groups in total. The van der Waals surface area contributed by atoms with Gasteiger partial charge in [0.05, 0.1) is 25.4 Å². The molecular weight excluding hydrogens is 274 g/mol. The summed E-state index contributed by atoms with van der Waals surface area (Å²) >= 11 is 0. The maximum absolute atomic E-state index is 5.23. The Hall–Kier alpha value is -2.81. The normalized spacial score (nSPS) is 11.0. The minimum absolute atomic E-state index is 0.842. The second-order valence-corrected chi connectivity index (χ2v) is 4.90. The fourth-order valence-electron chi connectivity index (χ4n) is 2.27. The Labute approximate surface area is 129 Å². The highest BCUT2D eigenvalue weighted by Crippen LogP contribution is 2.20. The fourth-order valence-corrected chi connectivity index (χ4v) is 2.27. The number of methoxy groups -OCH3 is 2. The molecule has 0 radical (unpaired) electrons. The third kappa shape index (κ3) is 3.09. The van der Waals surface area contributed by atoms with Gasteiger partial charge in [-0.2, -0.15) is 0 Å². The van der Waals surface area contributed by atoms with Gasteiger partial charge in [-0.1, -0.05) is 24.3 Å². The molecule has 0 fully saturated rings. The van der Waals surface area contributed by atoms with Crippen LogP contribution in [0.15, 0.2) is 54.6 Å². The molecule has 2 aromatic carbocycles. The van der Waals surface area contributed by atoms with E-state index in [2.05, 4.69) is 11.1 Å². The lowest BCUT2D eigenvalue weighted by Crippen LogP contribution is -1.86. The third-order valence-corrected chi connectivity index (χ3v) is 3.46. The monoisotopic (exact) mass is 291 g/mol. The van der Waals surface area contributed by atoms with Crippen molar-refractivity contribution >= 4 is 23.1 Å². The summed E-state index contributed by atoms with van der Waals surface area (Å²) in [7, 11) is 3.34. The van der Waals surface area contributed by atoms with Gasteiger partial charge in [0.1, 0.15) is 11.5 Å². The third-order valence-electron chi connectivity index (χ3n) is 3.46. The maximum Gasteiger partial charge on any atom is 0.119 e. The lowest BCUT2D eigenvalue weighted by Gasteiger charge is -2.03.